The van der Waals surface area contributed by atoms with Gasteiger partial charge in [-0.1, -0.05) is 36.6 Å². The molecule has 1 atom stereocenters. The monoisotopic (exact) mass is 426 g/mol. The zero-order chi connectivity index (χ0) is 21.1. The van der Waals surface area contributed by atoms with E-state index in [0.717, 1.165) is 56.5 Å². The lowest BCUT2D eigenvalue weighted by atomic mass is 9.78. The molecule has 1 aromatic heterocycles. The molecular weight excluding hydrogens is 400 g/mol. The average molecular weight is 427 g/mol. The maximum atomic E-state index is 13.3. The molecule has 2 heterocycles. The van der Waals surface area contributed by atoms with E-state index in [1.54, 1.807) is 6.20 Å². The van der Waals surface area contributed by atoms with E-state index >= 15 is 0 Å². The number of hydrogen-bond acceptors (Lipinski definition) is 4. The number of primary amides is 1. The van der Waals surface area contributed by atoms with Crippen LogP contribution in [-0.2, 0) is 15.0 Å². The van der Waals surface area contributed by atoms with Gasteiger partial charge in [-0.05, 0) is 55.5 Å². The normalized spacial score (nSPS) is 20.7. The van der Waals surface area contributed by atoms with Gasteiger partial charge in [-0.2, -0.15) is 0 Å². The number of pyridine rings is 1. The number of carbonyl (C=O) groups excluding carboxylic acids is 2. The number of rotatable bonds is 5. The number of nitrogens with zero attached hydrogens (tertiary/aromatic N) is 2. The van der Waals surface area contributed by atoms with Crippen LogP contribution in [-0.4, -0.2) is 29.9 Å². The minimum absolute atomic E-state index is 0.0106. The van der Waals surface area contributed by atoms with Crippen molar-refractivity contribution in [1.29, 1.82) is 0 Å². The number of piperidine rings is 1. The summed E-state index contributed by atoms with van der Waals surface area (Å²) < 4.78 is 0. The topological polar surface area (TPSA) is 88.3 Å². The Labute approximate surface area is 181 Å². The van der Waals surface area contributed by atoms with Crippen LogP contribution in [0.1, 0.15) is 44.1 Å². The van der Waals surface area contributed by atoms with E-state index in [9.17, 15) is 9.59 Å². The molecule has 1 aromatic carbocycles. The van der Waals surface area contributed by atoms with Crippen molar-refractivity contribution in [3.63, 3.8) is 0 Å². The van der Waals surface area contributed by atoms with Crippen molar-refractivity contribution in [2.45, 2.75) is 43.9 Å². The summed E-state index contributed by atoms with van der Waals surface area (Å²) in [4.78, 5) is 31.4. The fourth-order valence-corrected chi connectivity index (χ4v) is 4.92. The third-order valence-corrected chi connectivity index (χ3v) is 6.66. The van der Waals surface area contributed by atoms with Gasteiger partial charge in [0.15, 0.2) is 0 Å². The minimum atomic E-state index is -0.550. The highest BCUT2D eigenvalue weighted by atomic mass is 35.5. The van der Waals surface area contributed by atoms with E-state index in [1.807, 2.05) is 36.4 Å². The molecule has 0 bridgehead atoms. The third-order valence-electron chi connectivity index (χ3n) is 6.42. The van der Waals surface area contributed by atoms with Crippen LogP contribution in [0.3, 0.4) is 0 Å². The lowest BCUT2D eigenvalue weighted by Crippen LogP contribution is -2.41. The highest BCUT2D eigenvalue weighted by molar-refractivity contribution is 6.30. The number of carbonyl (C=O) groups is 2. The molecule has 7 heteroatoms. The van der Waals surface area contributed by atoms with E-state index in [0.29, 0.717) is 17.3 Å². The average Bonchev–Trinajstić information content (AvgIpc) is 3.26. The maximum Gasteiger partial charge on any atom is 0.235 e. The summed E-state index contributed by atoms with van der Waals surface area (Å²) in [5, 5.41) is 3.71. The molecule has 1 saturated heterocycles. The Balaban J connectivity index is 1.48. The highest BCUT2D eigenvalue weighted by Gasteiger charge is 2.42. The first-order valence-electron chi connectivity index (χ1n) is 10.6. The largest absolute Gasteiger partial charge is 0.369 e. The van der Waals surface area contributed by atoms with Crippen LogP contribution in [0.4, 0.5) is 11.5 Å². The number of aromatic nitrogens is 1. The molecule has 1 unspecified atom stereocenters. The number of halogens is 1. The molecule has 2 fully saturated rings. The van der Waals surface area contributed by atoms with Crippen LogP contribution in [0.5, 0.6) is 0 Å². The standard InChI is InChI=1S/C23H27ClN4O2/c24-18-7-3-6-17(13-18)23(10-1-2-11-23)22(30)27-19-8-9-20(26-14-19)28-12-4-5-16(15-28)21(25)29/h3,6-9,13-14,16H,1-2,4-5,10-12,15H2,(H2,25,29)(H,27,30). The molecule has 0 radical (unpaired) electrons. The molecule has 2 amide bonds. The number of nitrogens with one attached hydrogen (secondary N) is 1. The lowest BCUT2D eigenvalue weighted by Gasteiger charge is -2.32. The van der Waals surface area contributed by atoms with Crippen molar-refractivity contribution in [3.8, 4) is 0 Å². The maximum absolute atomic E-state index is 13.3. The fraction of sp³-hybridized carbons (Fsp3) is 0.435. The summed E-state index contributed by atoms with van der Waals surface area (Å²) in [5.41, 5.74) is 6.56. The van der Waals surface area contributed by atoms with Gasteiger partial charge in [-0.25, -0.2) is 4.98 Å². The predicted octanol–water partition coefficient (Wildman–Crippen LogP) is 3.89. The van der Waals surface area contributed by atoms with Crippen molar-refractivity contribution in [2.24, 2.45) is 11.7 Å². The fourth-order valence-electron chi connectivity index (χ4n) is 4.73. The highest BCUT2D eigenvalue weighted by Crippen LogP contribution is 2.42. The quantitative estimate of drug-likeness (QED) is 0.759. The SMILES string of the molecule is NC(=O)C1CCCN(c2ccc(NC(=O)C3(c4cccc(Cl)c4)CCCC3)cn2)C1. The summed E-state index contributed by atoms with van der Waals surface area (Å²) >= 11 is 6.20. The first-order valence-corrected chi connectivity index (χ1v) is 10.9. The van der Waals surface area contributed by atoms with E-state index in [1.165, 1.54) is 0 Å². The summed E-state index contributed by atoms with van der Waals surface area (Å²) in [6, 6.07) is 11.4. The Morgan fingerprint density at radius 2 is 1.97 bits per heavy atom. The van der Waals surface area contributed by atoms with Crippen LogP contribution < -0.4 is 16.0 Å². The zero-order valence-electron chi connectivity index (χ0n) is 16.9. The number of amides is 2. The van der Waals surface area contributed by atoms with Crippen LogP contribution in [0, 0.1) is 5.92 Å². The van der Waals surface area contributed by atoms with Gasteiger partial charge in [-0.15, -0.1) is 0 Å². The predicted molar refractivity (Wildman–Crippen MR) is 119 cm³/mol. The van der Waals surface area contributed by atoms with Gasteiger partial charge in [0.2, 0.25) is 11.8 Å². The second-order valence-electron chi connectivity index (χ2n) is 8.35. The first kappa shape index (κ1) is 20.7. The second-order valence-corrected chi connectivity index (χ2v) is 8.78. The van der Waals surface area contributed by atoms with Crippen LogP contribution in [0.25, 0.3) is 0 Å². The minimum Gasteiger partial charge on any atom is -0.369 e. The molecule has 6 nitrogen and oxygen atoms in total. The summed E-state index contributed by atoms with van der Waals surface area (Å²) in [7, 11) is 0. The van der Waals surface area contributed by atoms with Crippen molar-refractivity contribution in [2.75, 3.05) is 23.3 Å². The van der Waals surface area contributed by atoms with E-state index in [2.05, 4.69) is 15.2 Å². The van der Waals surface area contributed by atoms with Gasteiger partial charge in [-0.3, -0.25) is 9.59 Å². The van der Waals surface area contributed by atoms with Crippen molar-refractivity contribution in [3.05, 3.63) is 53.2 Å². The Morgan fingerprint density at radius 1 is 1.17 bits per heavy atom. The van der Waals surface area contributed by atoms with Crippen LogP contribution in [0.2, 0.25) is 5.02 Å². The number of anilines is 2. The van der Waals surface area contributed by atoms with E-state index in [-0.39, 0.29) is 17.7 Å². The Morgan fingerprint density at radius 3 is 2.63 bits per heavy atom. The van der Waals surface area contributed by atoms with Gasteiger partial charge in [0.25, 0.3) is 0 Å². The second kappa shape index (κ2) is 8.64. The molecule has 1 aliphatic heterocycles. The molecule has 0 spiro atoms. The number of hydrogen-bond donors (Lipinski definition) is 2. The molecule has 1 saturated carbocycles. The molecule has 158 valence electrons. The van der Waals surface area contributed by atoms with Crippen molar-refractivity contribution >= 4 is 34.9 Å². The number of nitrogens with two attached hydrogens (primary N) is 1. The van der Waals surface area contributed by atoms with E-state index in [4.69, 9.17) is 17.3 Å². The van der Waals surface area contributed by atoms with Crippen molar-refractivity contribution in [1.82, 2.24) is 4.98 Å². The van der Waals surface area contributed by atoms with E-state index < -0.39 is 5.41 Å². The van der Waals surface area contributed by atoms with Gasteiger partial charge in [0.1, 0.15) is 5.82 Å². The van der Waals surface area contributed by atoms with Gasteiger partial charge in [0.05, 0.1) is 23.2 Å². The zero-order valence-corrected chi connectivity index (χ0v) is 17.7. The summed E-state index contributed by atoms with van der Waals surface area (Å²) in [5.74, 6) is 0.388. The molecule has 30 heavy (non-hydrogen) atoms. The molecule has 3 N–H and O–H groups in total. The first-order chi connectivity index (χ1) is 14.5. The molecular formula is C23H27ClN4O2. The molecule has 1 aliphatic carbocycles. The van der Waals surface area contributed by atoms with Crippen LogP contribution >= 0.6 is 11.6 Å². The Kier molecular flexibility index (Phi) is 5.95. The molecule has 4 rings (SSSR count). The molecule has 2 aliphatic rings. The van der Waals surface area contributed by atoms with Gasteiger partial charge < -0.3 is 16.0 Å². The smallest absolute Gasteiger partial charge is 0.235 e. The van der Waals surface area contributed by atoms with Crippen molar-refractivity contribution < 1.29 is 9.59 Å². The Hall–Kier alpha value is -2.60. The van der Waals surface area contributed by atoms with Gasteiger partial charge >= 0.3 is 0 Å². The number of benzene rings is 1. The molecule has 2 aromatic rings. The Bertz CT molecular complexity index is 925. The van der Waals surface area contributed by atoms with Crippen LogP contribution in [0.15, 0.2) is 42.6 Å². The summed E-state index contributed by atoms with van der Waals surface area (Å²) in [6.45, 7) is 1.44. The lowest BCUT2D eigenvalue weighted by molar-refractivity contribution is -0.122. The van der Waals surface area contributed by atoms with Gasteiger partial charge in [0, 0.05) is 18.1 Å². The third kappa shape index (κ3) is 4.15. The summed E-state index contributed by atoms with van der Waals surface area (Å²) in [6.07, 6.45) is 7.09.